The molecule has 1 amide bonds. The molecule has 0 radical (unpaired) electrons. The van der Waals surface area contributed by atoms with Crippen LogP contribution in [0.2, 0.25) is 0 Å². The molecule has 3 aliphatic heterocycles. The fraction of sp³-hybridized carbons (Fsp3) is 0.452. The molecule has 208 valence electrons. The number of carbonyl (C=O) groups is 1. The zero-order chi connectivity index (χ0) is 28.0. The lowest BCUT2D eigenvalue weighted by molar-refractivity contribution is -0.139. The highest BCUT2D eigenvalue weighted by molar-refractivity contribution is 6.03. The Hall–Kier alpha value is -3.90. The summed E-state index contributed by atoms with van der Waals surface area (Å²) in [7, 11) is 2.08. The third-order valence-electron chi connectivity index (χ3n) is 9.18. The van der Waals surface area contributed by atoms with Crippen LogP contribution in [0.3, 0.4) is 0 Å². The van der Waals surface area contributed by atoms with Gasteiger partial charge in [0.25, 0.3) is 0 Å². The first-order valence-electron chi connectivity index (χ1n) is 14.0. The van der Waals surface area contributed by atoms with Gasteiger partial charge in [0.05, 0.1) is 18.3 Å². The van der Waals surface area contributed by atoms with E-state index >= 15 is 4.39 Å². The molecule has 8 nitrogen and oxygen atoms in total. The summed E-state index contributed by atoms with van der Waals surface area (Å²) in [6.45, 7) is 18.1. The monoisotopic (exact) mass is 542 g/mol. The maximum Gasteiger partial charge on any atom is 0.245 e. The summed E-state index contributed by atoms with van der Waals surface area (Å²) in [5.41, 5.74) is 3.71. The molecule has 0 aliphatic carbocycles. The Bertz CT molecular complexity index is 1510. The van der Waals surface area contributed by atoms with E-state index in [1.54, 1.807) is 12.3 Å². The molecule has 3 fully saturated rings. The molecule has 1 atom stereocenters. The number of anilines is 1. The van der Waals surface area contributed by atoms with Crippen LogP contribution in [0.25, 0.3) is 26.9 Å². The number of halogens is 1. The molecule has 6 rings (SSSR count). The van der Waals surface area contributed by atoms with E-state index in [1.165, 1.54) is 6.08 Å². The summed E-state index contributed by atoms with van der Waals surface area (Å²) >= 11 is 0. The van der Waals surface area contributed by atoms with Gasteiger partial charge in [0, 0.05) is 54.3 Å². The number of likely N-dealkylation sites (N-methyl/N-ethyl adjacent to an activating group) is 1. The molecular weight excluding hydrogens is 507 g/mol. The minimum absolute atomic E-state index is 0.0231. The van der Waals surface area contributed by atoms with Crippen molar-refractivity contribution >= 4 is 28.2 Å². The highest BCUT2D eigenvalue weighted by Gasteiger charge is 2.46. The first kappa shape index (κ1) is 26.3. The minimum atomic E-state index is -0.502. The van der Waals surface area contributed by atoms with Gasteiger partial charge in [0.1, 0.15) is 6.61 Å². The number of fused-ring (bicyclic) bond motifs is 1. The van der Waals surface area contributed by atoms with Gasteiger partial charge in [0.2, 0.25) is 11.6 Å². The van der Waals surface area contributed by atoms with Gasteiger partial charge in [-0.2, -0.15) is 5.10 Å². The van der Waals surface area contributed by atoms with Crippen LogP contribution < -0.4 is 9.64 Å². The Labute approximate surface area is 234 Å². The molecule has 3 saturated heterocycles. The molecule has 3 aromatic rings. The normalized spacial score (nSPS) is 20.5. The first-order valence-corrected chi connectivity index (χ1v) is 14.0. The van der Waals surface area contributed by atoms with Gasteiger partial charge >= 0.3 is 0 Å². The number of nitrogens with one attached hydrogen (secondary N) is 1. The fourth-order valence-corrected chi connectivity index (χ4v) is 6.72. The van der Waals surface area contributed by atoms with E-state index in [9.17, 15) is 4.79 Å². The molecule has 0 saturated carbocycles. The van der Waals surface area contributed by atoms with Gasteiger partial charge in [-0.05, 0) is 75.5 Å². The standard InChI is InChI=1S/C31H35FN6O2/c1-5-26(39)38-18-31(19-38)10-13-37(14-11-31)24-15-25(40-17-21-7-6-12-36(21)4)29(32)28(30(24)33-3)27-20(2)8-9-23-22(27)16-34-35-23/h5,8-9,15-16,21H,1,6-7,10-14,17-19H2,2,4H3,(H,34,35)/t21-/m0/s1. The van der Waals surface area contributed by atoms with Gasteiger partial charge in [-0.15, -0.1) is 0 Å². The Morgan fingerprint density at radius 1 is 1.30 bits per heavy atom. The molecule has 0 unspecified atom stereocenters. The highest BCUT2D eigenvalue weighted by atomic mass is 19.1. The topological polar surface area (TPSA) is 69.1 Å². The lowest BCUT2D eigenvalue weighted by Crippen LogP contribution is -2.61. The molecular formula is C31H35FN6O2. The van der Waals surface area contributed by atoms with E-state index in [2.05, 4.69) is 38.5 Å². The second-order valence-corrected chi connectivity index (χ2v) is 11.6. The number of hydrogen-bond acceptors (Lipinski definition) is 5. The molecule has 3 aliphatic rings. The molecule has 4 heterocycles. The zero-order valence-electron chi connectivity index (χ0n) is 23.2. The molecule has 9 heteroatoms. The maximum atomic E-state index is 16.5. The number of likely N-dealkylation sites (tertiary alicyclic amines) is 2. The molecule has 2 aromatic carbocycles. The number of benzene rings is 2. The van der Waals surface area contributed by atoms with Gasteiger partial charge in [0.15, 0.2) is 11.6 Å². The van der Waals surface area contributed by atoms with E-state index in [1.807, 2.05) is 24.0 Å². The lowest BCUT2D eigenvalue weighted by Gasteiger charge is -2.54. The number of ether oxygens (including phenoxy) is 1. The lowest BCUT2D eigenvalue weighted by atomic mass is 9.72. The smallest absolute Gasteiger partial charge is 0.245 e. The average Bonchev–Trinajstić information content (AvgIpc) is 3.59. The molecule has 0 bridgehead atoms. The maximum absolute atomic E-state index is 16.5. The second-order valence-electron chi connectivity index (χ2n) is 11.6. The first-order chi connectivity index (χ1) is 19.3. The van der Waals surface area contributed by atoms with Crippen LogP contribution in [-0.4, -0.2) is 78.3 Å². The van der Waals surface area contributed by atoms with Crippen molar-refractivity contribution in [3.63, 3.8) is 0 Å². The van der Waals surface area contributed by atoms with Gasteiger partial charge in [-0.3, -0.25) is 9.89 Å². The second kappa shape index (κ2) is 10.3. The van der Waals surface area contributed by atoms with E-state index in [-0.39, 0.29) is 28.7 Å². The van der Waals surface area contributed by atoms with Crippen molar-refractivity contribution in [2.45, 2.75) is 38.6 Å². The summed E-state index contributed by atoms with van der Waals surface area (Å²) in [5.74, 6) is -0.340. The van der Waals surface area contributed by atoms with E-state index < -0.39 is 5.82 Å². The van der Waals surface area contributed by atoms with Crippen LogP contribution in [0.5, 0.6) is 5.75 Å². The average molecular weight is 543 g/mol. The minimum Gasteiger partial charge on any atom is -0.489 e. The Morgan fingerprint density at radius 3 is 2.75 bits per heavy atom. The number of aromatic nitrogens is 2. The Balaban J connectivity index is 1.39. The molecule has 1 N–H and O–H groups in total. The zero-order valence-corrected chi connectivity index (χ0v) is 23.2. The Morgan fingerprint density at radius 2 is 2.08 bits per heavy atom. The number of hydrogen-bond donors (Lipinski definition) is 1. The van der Waals surface area contributed by atoms with Crippen molar-refractivity contribution < 1.29 is 13.9 Å². The van der Waals surface area contributed by atoms with Crippen molar-refractivity contribution in [3.8, 4) is 16.9 Å². The number of aryl methyl sites for hydroxylation is 1. The van der Waals surface area contributed by atoms with E-state index in [0.29, 0.717) is 23.5 Å². The third kappa shape index (κ3) is 4.40. The fourth-order valence-electron chi connectivity index (χ4n) is 6.72. The molecule has 1 aromatic heterocycles. The SMILES string of the molecule is [C-]#[N+]c1c(N2CCC3(CC2)CN(C(=O)C=C)C3)cc(OC[C@@H]2CCCN2C)c(F)c1-c1c(C)ccc2[nH]ncc12. The summed E-state index contributed by atoms with van der Waals surface area (Å²) in [5, 5.41) is 7.95. The van der Waals surface area contributed by atoms with Crippen molar-refractivity contribution in [3.05, 3.63) is 59.8 Å². The summed E-state index contributed by atoms with van der Waals surface area (Å²) in [4.78, 5) is 22.2. The van der Waals surface area contributed by atoms with Crippen LogP contribution in [0.1, 0.15) is 31.2 Å². The summed E-state index contributed by atoms with van der Waals surface area (Å²) in [6.07, 6.45) is 6.99. The number of piperidine rings is 1. The van der Waals surface area contributed by atoms with E-state index in [0.717, 1.165) is 74.9 Å². The number of rotatable bonds is 6. The van der Waals surface area contributed by atoms with Crippen molar-refractivity contribution in [2.75, 3.05) is 51.3 Å². The number of carbonyl (C=O) groups excluding carboxylic acids is 1. The van der Waals surface area contributed by atoms with E-state index in [4.69, 9.17) is 11.3 Å². The number of amides is 1. The molecule has 1 spiro atoms. The van der Waals surface area contributed by atoms with Crippen molar-refractivity contribution in [1.29, 1.82) is 0 Å². The van der Waals surface area contributed by atoms with Crippen LogP contribution in [0.4, 0.5) is 15.8 Å². The van der Waals surface area contributed by atoms with Crippen LogP contribution in [-0.2, 0) is 4.79 Å². The van der Waals surface area contributed by atoms with Crippen LogP contribution in [0, 0.1) is 24.7 Å². The number of aromatic amines is 1. The predicted octanol–water partition coefficient (Wildman–Crippen LogP) is 5.32. The van der Waals surface area contributed by atoms with Gasteiger partial charge in [-0.1, -0.05) is 12.6 Å². The highest BCUT2D eigenvalue weighted by Crippen LogP contribution is 2.50. The third-order valence-corrected chi connectivity index (χ3v) is 9.18. The van der Waals surface area contributed by atoms with Crippen molar-refractivity contribution in [1.82, 2.24) is 20.0 Å². The van der Waals surface area contributed by atoms with Crippen molar-refractivity contribution in [2.24, 2.45) is 5.41 Å². The predicted molar refractivity (Wildman–Crippen MR) is 154 cm³/mol. The number of nitrogens with zero attached hydrogens (tertiary/aromatic N) is 5. The summed E-state index contributed by atoms with van der Waals surface area (Å²) in [6, 6.07) is 5.83. The Kier molecular flexibility index (Phi) is 6.75. The summed E-state index contributed by atoms with van der Waals surface area (Å²) < 4.78 is 22.7. The largest absolute Gasteiger partial charge is 0.489 e. The van der Waals surface area contributed by atoms with Gasteiger partial charge in [-0.25, -0.2) is 9.24 Å². The number of H-pyrrole nitrogens is 1. The van der Waals surface area contributed by atoms with Gasteiger partial charge < -0.3 is 19.4 Å². The quantitative estimate of drug-likeness (QED) is 0.338. The molecule has 40 heavy (non-hydrogen) atoms. The van der Waals surface area contributed by atoms with Crippen LogP contribution >= 0.6 is 0 Å². The van der Waals surface area contributed by atoms with Crippen LogP contribution in [0.15, 0.2) is 37.1 Å².